The molecule has 0 radical (unpaired) electrons. The monoisotopic (exact) mass is 795 g/mol. The van der Waals surface area contributed by atoms with Gasteiger partial charge in [0.25, 0.3) is 5.91 Å². The number of nitrogens with zero attached hydrogens (tertiary/aromatic N) is 5. The normalized spacial score (nSPS) is 15.1. The van der Waals surface area contributed by atoms with Gasteiger partial charge in [-0.2, -0.15) is 0 Å². The SMILES string of the molecule is CCOC(=O)c1cn(CC)c2ncc(NC3Cc4ccccc4C3)cc2c1=O.CCn1cc(C(=O)N2CCOCC2)c(=O)c2cc(NC3Cc4ccccc4C3)cnc21. The molecule has 0 spiro atoms. The summed E-state index contributed by atoms with van der Waals surface area (Å²) in [5.74, 6) is -0.830. The number of carbonyl (C=O) groups excluding carboxylic acids is 2. The summed E-state index contributed by atoms with van der Waals surface area (Å²) >= 11 is 0. The number of hydrogen-bond donors (Lipinski definition) is 2. The molecule has 5 heterocycles. The fraction of sp³-hybridized carbons (Fsp3) is 0.348. The highest BCUT2D eigenvalue weighted by Crippen LogP contribution is 2.27. The summed E-state index contributed by atoms with van der Waals surface area (Å²) in [6, 6.07) is 21.1. The zero-order chi connectivity index (χ0) is 41.0. The van der Waals surface area contributed by atoms with Gasteiger partial charge in [-0.15, -0.1) is 0 Å². The number of amides is 1. The van der Waals surface area contributed by atoms with Gasteiger partial charge in [-0.1, -0.05) is 48.5 Å². The number of aryl methyl sites for hydroxylation is 2. The van der Waals surface area contributed by atoms with Crippen LogP contribution >= 0.6 is 0 Å². The van der Waals surface area contributed by atoms with Gasteiger partial charge in [0.2, 0.25) is 10.9 Å². The quantitative estimate of drug-likeness (QED) is 0.176. The van der Waals surface area contributed by atoms with Gasteiger partial charge >= 0.3 is 5.97 Å². The molecule has 13 nitrogen and oxygen atoms in total. The minimum atomic E-state index is -0.596. The Kier molecular flexibility index (Phi) is 11.5. The number of benzene rings is 2. The van der Waals surface area contributed by atoms with Crippen LogP contribution in [0.4, 0.5) is 11.4 Å². The van der Waals surface area contributed by atoms with E-state index in [0.29, 0.717) is 61.5 Å². The highest BCUT2D eigenvalue weighted by molar-refractivity contribution is 5.97. The Bertz CT molecular complexity index is 2620. The van der Waals surface area contributed by atoms with E-state index in [2.05, 4.69) is 69.1 Å². The number of hydrogen-bond acceptors (Lipinski definition) is 10. The standard InChI is InChI=1S/C24H26N4O3.C22H23N3O3/c1-2-27-15-21(24(30)28-7-9-31-10-8-28)22(29)20-13-19(14-25-23(20)27)26-18-11-16-5-3-4-6-17(16)12-18;1-3-25-13-19(22(27)28-4-2)20(26)18-11-17(12-23-21(18)25)24-16-9-14-7-5-6-8-15(14)10-16/h3-6,13-15,18,26H,2,7-12H2,1H3;5-8,11-13,16,24H,3-4,9-10H2,1-2H3. The van der Waals surface area contributed by atoms with Crippen LogP contribution in [0.5, 0.6) is 0 Å². The van der Waals surface area contributed by atoms with Crippen molar-refractivity contribution in [1.82, 2.24) is 24.0 Å². The first-order valence-corrected chi connectivity index (χ1v) is 20.5. The Balaban J connectivity index is 0.000000165. The molecule has 1 amide bonds. The van der Waals surface area contributed by atoms with Crippen LogP contribution in [-0.4, -0.2) is 80.9 Å². The summed E-state index contributed by atoms with van der Waals surface area (Å²) in [7, 11) is 0. The van der Waals surface area contributed by atoms with Crippen LogP contribution in [0.15, 0.2) is 95.0 Å². The van der Waals surface area contributed by atoms with Crippen molar-refractivity contribution in [3.8, 4) is 0 Å². The van der Waals surface area contributed by atoms with Crippen LogP contribution < -0.4 is 21.5 Å². The molecule has 304 valence electrons. The van der Waals surface area contributed by atoms with Crippen molar-refractivity contribution in [3.05, 3.63) is 139 Å². The molecular weight excluding hydrogens is 747 g/mol. The van der Waals surface area contributed by atoms with Crippen LogP contribution in [0.25, 0.3) is 22.1 Å². The Hall–Kier alpha value is -6.34. The number of carbonyl (C=O) groups is 2. The van der Waals surface area contributed by atoms with Gasteiger partial charge in [0.1, 0.15) is 22.4 Å². The lowest BCUT2D eigenvalue weighted by atomic mass is 10.1. The number of anilines is 2. The van der Waals surface area contributed by atoms with E-state index >= 15 is 0 Å². The molecule has 1 fully saturated rings. The van der Waals surface area contributed by atoms with Gasteiger partial charge < -0.3 is 34.1 Å². The molecule has 0 unspecified atom stereocenters. The molecule has 3 aliphatic rings. The zero-order valence-corrected chi connectivity index (χ0v) is 33.7. The second kappa shape index (κ2) is 17.3. The third-order valence-electron chi connectivity index (χ3n) is 11.4. The fourth-order valence-electron chi connectivity index (χ4n) is 8.42. The molecule has 59 heavy (non-hydrogen) atoms. The largest absolute Gasteiger partial charge is 0.462 e. The predicted molar refractivity (Wildman–Crippen MR) is 229 cm³/mol. The highest BCUT2D eigenvalue weighted by atomic mass is 16.5. The molecule has 0 bridgehead atoms. The molecule has 13 heteroatoms. The van der Waals surface area contributed by atoms with Crippen LogP contribution in [0.1, 0.15) is 63.7 Å². The lowest BCUT2D eigenvalue weighted by Gasteiger charge is -2.27. The third-order valence-corrected chi connectivity index (χ3v) is 11.4. The first-order chi connectivity index (χ1) is 28.7. The van der Waals surface area contributed by atoms with Crippen LogP contribution in [0.3, 0.4) is 0 Å². The second-order valence-electron chi connectivity index (χ2n) is 15.2. The van der Waals surface area contributed by atoms with E-state index in [0.717, 1.165) is 37.1 Å². The highest BCUT2D eigenvalue weighted by Gasteiger charge is 2.26. The van der Waals surface area contributed by atoms with Crippen molar-refractivity contribution in [2.24, 2.45) is 0 Å². The summed E-state index contributed by atoms with van der Waals surface area (Å²) in [6.45, 7) is 9.11. The van der Waals surface area contributed by atoms with E-state index in [9.17, 15) is 19.2 Å². The van der Waals surface area contributed by atoms with E-state index in [4.69, 9.17) is 9.47 Å². The van der Waals surface area contributed by atoms with Crippen molar-refractivity contribution >= 4 is 45.3 Å². The van der Waals surface area contributed by atoms with E-state index in [-0.39, 0.29) is 46.6 Å². The van der Waals surface area contributed by atoms with Crippen LogP contribution in [0, 0.1) is 0 Å². The molecule has 0 atom stereocenters. The first-order valence-electron chi connectivity index (χ1n) is 20.5. The number of fused-ring (bicyclic) bond motifs is 4. The fourth-order valence-corrected chi connectivity index (χ4v) is 8.42. The van der Waals surface area contributed by atoms with E-state index < -0.39 is 5.97 Å². The van der Waals surface area contributed by atoms with Crippen LogP contribution in [0.2, 0.25) is 0 Å². The summed E-state index contributed by atoms with van der Waals surface area (Å²) in [5.41, 5.74) is 7.83. The van der Waals surface area contributed by atoms with Gasteiger partial charge in [-0.05, 0) is 80.8 Å². The number of rotatable bonds is 9. The first kappa shape index (κ1) is 39.5. The smallest absolute Gasteiger partial charge is 0.343 e. The second-order valence-corrected chi connectivity index (χ2v) is 15.2. The topological polar surface area (TPSA) is 150 Å². The molecule has 6 aromatic rings. The molecule has 1 aliphatic heterocycles. The molecule has 9 rings (SSSR count). The maximum Gasteiger partial charge on any atom is 0.343 e. The molecular formula is C46H49N7O6. The molecule has 2 aromatic carbocycles. The molecule has 4 aromatic heterocycles. The Morgan fingerprint density at radius 1 is 0.695 bits per heavy atom. The third kappa shape index (κ3) is 8.20. The lowest BCUT2D eigenvalue weighted by Crippen LogP contribution is -2.42. The predicted octanol–water partition coefficient (Wildman–Crippen LogP) is 5.64. The van der Waals surface area contributed by atoms with Crippen molar-refractivity contribution in [2.45, 2.75) is 71.6 Å². The van der Waals surface area contributed by atoms with E-state index in [1.54, 1.807) is 41.0 Å². The molecule has 2 aliphatic carbocycles. The van der Waals surface area contributed by atoms with Gasteiger partial charge in [-0.25, -0.2) is 14.8 Å². The van der Waals surface area contributed by atoms with Gasteiger partial charge in [-0.3, -0.25) is 14.4 Å². The van der Waals surface area contributed by atoms with Crippen molar-refractivity contribution in [1.29, 1.82) is 0 Å². The summed E-state index contributed by atoms with van der Waals surface area (Å²) in [5, 5.41) is 7.92. The lowest BCUT2D eigenvalue weighted by molar-refractivity contribution is 0.0301. The number of morpholine rings is 1. The summed E-state index contributed by atoms with van der Waals surface area (Å²) in [4.78, 5) is 62.2. The van der Waals surface area contributed by atoms with Crippen molar-refractivity contribution < 1.29 is 19.1 Å². The molecule has 2 N–H and O–H groups in total. The van der Waals surface area contributed by atoms with E-state index in [1.165, 1.54) is 28.5 Å². The Morgan fingerprint density at radius 3 is 1.58 bits per heavy atom. The summed E-state index contributed by atoms with van der Waals surface area (Å²) < 4.78 is 14.1. The van der Waals surface area contributed by atoms with Crippen molar-refractivity contribution in [2.75, 3.05) is 43.5 Å². The minimum Gasteiger partial charge on any atom is -0.462 e. The maximum atomic E-state index is 13.3. The Morgan fingerprint density at radius 2 is 1.14 bits per heavy atom. The van der Waals surface area contributed by atoms with Crippen molar-refractivity contribution in [3.63, 3.8) is 0 Å². The molecule has 0 saturated carbocycles. The number of esters is 1. The van der Waals surface area contributed by atoms with E-state index in [1.807, 2.05) is 24.5 Å². The average molecular weight is 796 g/mol. The number of ether oxygens (including phenoxy) is 2. The Labute approximate surface area is 342 Å². The molecule has 1 saturated heterocycles. The van der Waals surface area contributed by atoms with Gasteiger partial charge in [0.15, 0.2) is 0 Å². The number of pyridine rings is 4. The minimum absolute atomic E-state index is 0.0448. The van der Waals surface area contributed by atoms with Gasteiger partial charge in [0, 0.05) is 50.7 Å². The van der Waals surface area contributed by atoms with Crippen LogP contribution in [-0.2, 0) is 48.2 Å². The number of nitrogens with one attached hydrogen (secondary N) is 2. The zero-order valence-electron chi connectivity index (χ0n) is 33.7. The average Bonchev–Trinajstić information content (AvgIpc) is 3.87. The van der Waals surface area contributed by atoms with Gasteiger partial charge in [0.05, 0.1) is 54.4 Å². The summed E-state index contributed by atoms with van der Waals surface area (Å²) in [6.07, 6.45) is 10.5. The maximum absolute atomic E-state index is 13.3. The number of aromatic nitrogens is 4.